The lowest BCUT2D eigenvalue weighted by Gasteiger charge is -2.00. The molecule has 0 N–H and O–H groups in total. The molecule has 0 fully saturated rings. The monoisotopic (exact) mass is 277 g/mol. The van der Waals surface area contributed by atoms with Gasteiger partial charge in [0.15, 0.2) is 0 Å². The van der Waals surface area contributed by atoms with Gasteiger partial charge in [0.1, 0.15) is 17.5 Å². The van der Waals surface area contributed by atoms with Crippen LogP contribution in [-0.2, 0) is 0 Å². The standard InChI is InChI=1S/C15H11N5O/c1-9-5-10(2)13(18-7-9)14-19-15(21-20-14)12-4-3-11(6-16)8-17-12/h3-5,7-8H,1-2H3. The molecule has 6 nitrogen and oxygen atoms in total. The lowest BCUT2D eigenvalue weighted by molar-refractivity contribution is 0.430. The van der Waals surface area contributed by atoms with Gasteiger partial charge >= 0.3 is 0 Å². The Morgan fingerprint density at radius 3 is 2.67 bits per heavy atom. The number of nitriles is 1. The highest BCUT2D eigenvalue weighted by Crippen LogP contribution is 2.22. The summed E-state index contributed by atoms with van der Waals surface area (Å²) < 4.78 is 5.22. The zero-order chi connectivity index (χ0) is 14.8. The summed E-state index contributed by atoms with van der Waals surface area (Å²) in [5.74, 6) is 0.727. The fourth-order valence-electron chi connectivity index (χ4n) is 1.96. The number of nitrogens with zero attached hydrogens (tertiary/aromatic N) is 5. The van der Waals surface area contributed by atoms with Crippen LogP contribution in [0, 0.1) is 25.2 Å². The molecule has 3 aromatic rings. The van der Waals surface area contributed by atoms with Gasteiger partial charge in [0.25, 0.3) is 5.89 Å². The highest BCUT2D eigenvalue weighted by atomic mass is 16.5. The number of pyridine rings is 2. The van der Waals surface area contributed by atoms with E-state index in [0.717, 1.165) is 11.1 Å². The van der Waals surface area contributed by atoms with Crippen LogP contribution in [0.3, 0.4) is 0 Å². The molecule has 0 aliphatic rings. The summed E-state index contributed by atoms with van der Waals surface area (Å²) in [6.45, 7) is 3.93. The largest absolute Gasteiger partial charge is 0.332 e. The maximum absolute atomic E-state index is 8.76. The number of hydrogen-bond acceptors (Lipinski definition) is 6. The van der Waals surface area contributed by atoms with Gasteiger partial charge in [-0.3, -0.25) is 4.98 Å². The maximum Gasteiger partial charge on any atom is 0.276 e. The van der Waals surface area contributed by atoms with E-state index in [1.165, 1.54) is 6.20 Å². The smallest absolute Gasteiger partial charge is 0.276 e. The van der Waals surface area contributed by atoms with Crippen LogP contribution in [0.25, 0.3) is 23.1 Å². The predicted molar refractivity (Wildman–Crippen MR) is 74.9 cm³/mol. The average Bonchev–Trinajstić information content (AvgIpc) is 2.97. The number of hydrogen-bond donors (Lipinski definition) is 0. The topological polar surface area (TPSA) is 88.5 Å². The van der Waals surface area contributed by atoms with Crippen LogP contribution in [0.5, 0.6) is 0 Å². The molecule has 0 radical (unpaired) electrons. The minimum absolute atomic E-state index is 0.302. The van der Waals surface area contributed by atoms with Crippen molar-refractivity contribution in [2.75, 3.05) is 0 Å². The number of aryl methyl sites for hydroxylation is 2. The first-order valence-electron chi connectivity index (χ1n) is 6.31. The molecule has 0 spiro atoms. The highest BCUT2D eigenvalue weighted by Gasteiger charge is 2.14. The van der Waals surface area contributed by atoms with Crippen LogP contribution in [0.2, 0.25) is 0 Å². The van der Waals surface area contributed by atoms with E-state index in [-0.39, 0.29) is 0 Å². The normalized spacial score (nSPS) is 10.3. The summed E-state index contributed by atoms with van der Waals surface area (Å²) in [5, 5.41) is 12.7. The van der Waals surface area contributed by atoms with E-state index in [9.17, 15) is 0 Å². The first kappa shape index (κ1) is 12.9. The molecule has 6 heteroatoms. The second kappa shape index (κ2) is 5.13. The van der Waals surface area contributed by atoms with Gasteiger partial charge in [0.2, 0.25) is 5.82 Å². The van der Waals surface area contributed by atoms with Crippen molar-refractivity contribution in [3.05, 3.63) is 47.3 Å². The summed E-state index contributed by atoms with van der Waals surface area (Å²) in [6.07, 6.45) is 3.23. The molecule has 0 aliphatic carbocycles. The van der Waals surface area contributed by atoms with Crippen LogP contribution >= 0.6 is 0 Å². The molecule has 0 aromatic carbocycles. The zero-order valence-electron chi connectivity index (χ0n) is 11.5. The van der Waals surface area contributed by atoms with E-state index in [0.29, 0.717) is 28.7 Å². The molecule has 21 heavy (non-hydrogen) atoms. The number of rotatable bonds is 2. The Morgan fingerprint density at radius 2 is 2.00 bits per heavy atom. The lowest BCUT2D eigenvalue weighted by atomic mass is 10.1. The third-order valence-corrected chi connectivity index (χ3v) is 2.96. The van der Waals surface area contributed by atoms with Crippen LogP contribution in [0.1, 0.15) is 16.7 Å². The van der Waals surface area contributed by atoms with Crippen LogP contribution in [0.4, 0.5) is 0 Å². The summed E-state index contributed by atoms with van der Waals surface area (Å²) in [4.78, 5) is 12.8. The highest BCUT2D eigenvalue weighted by molar-refractivity contribution is 5.57. The Hall–Kier alpha value is -3.07. The Bertz CT molecular complexity index is 830. The fraction of sp³-hybridized carbons (Fsp3) is 0.133. The summed E-state index contributed by atoms with van der Waals surface area (Å²) in [7, 11) is 0. The van der Waals surface area contributed by atoms with Crippen molar-refractivity contribution < 1.29 is 4.52 Å². The van der Waals surface area contributed by atoms with Crippen molar-refractivity contribution in [2.45, 2.75) is 13.8 Å². The summed E-state index contributed by atoms with van der Waals surface area (Å²) >= 11 is 0. The van der Waals surface area contributed by atoms with Crippen LogP contribution in [-0.4, -0.2) is 20.1 Å². The Morgan fingerprint density at radius 1 is 1.14 bits per heavy atom. The zero-order valence-corrected chi connectivity index (χ0v) is 11.5. The van der Waals surface area contributed by atoms with E-state index in [1.54, 1.807) is 18.3 Å². The third-order valence-electron chi connectivity index (χ3n) is 2.96. The van der Waals surface area contributed by atoms with Crippen molar-refractivity contribution in [3.63, 3.8) is 0 Å². The van der Waals surface area contributed by atoms with E-state index in [1.807, 2.05) is 26.0 Å². The molecule has 0 unspecified atom stereocenters. The fourth-order valence-corrected chi connectivity index (χ4v) is 1.96. The van der Waals surface area contributed by atoms with Crippen molar-refractivity contribution in [2.24, 2.45) is 0 Å². The van der Waals surface area contributed by atoms with Crippen LogP contribution in [0.15, 0.2) is 35.1 Å². The Labute approximate surface area is 121 Å². The predicted octanol–water partition coefficient (Wildman–Crippen LogP) is 2.68. The van der Waals surface area contributed by atoms with Gasteiger partial charge in [-0.25, -0.2) is 4.98 Å². The average molecular weight is 277 g/mol. The van der Waals surface area contributed by atoms with E-state index in [2.05, 4.69) is 20.1 Å². The molecule has 0 bridgehead atoms. The first-order chi connectivity index (χ1) is 10.2. The van der Waals surface area contributed by atoms with E-state index >= 15 is 0 Å². The third kappa shape index (κ3) is 2.49. The first-order valence-corrected chi connectivity index (χ1v) is 6.31. The lowest BCUT2D eigenvalue weighted by Crippen LogP contribution is -1.91. The van der Waals surface area contributed by atoms with Gasteiger partial charge in [-0.05, 0) is 37.1 Å². The molecule has 3 rings (SSSR count). The molecule has 3 aromatic heterocycles. The second-order valence-corrected chi connectivity index (χ2v) is 4.65. The Balaban J connectivity index is 1.97. The molecule has 102 valence electrons. The van der Waals surface area contributed by atoms with Crippen molar-refractivity contribution >= 4 is 0 Å². The molecule has 0 amide bonds. The van der Waals surface area contributed by atoms with E-state index in [4.69, 9.17) is 9.78 Å². The molecular weight excluding hydrogens is 266 g/mol. The minimum atomic E-state index is 0.302. The van der Waals surface area contributed by atoms with Gasteiger partial charge in [-0.2, -0.15) is 10.2 Å². The maximum atomic E-state index is 8.76. The second-order valence-electron chi connectivity index (χ2n) is 4.65. The van der Waals surface area contributed by atoms with Crippen molar-refractivity contribution in [1.82, 2.24) is 20.1 Å². The van der Waals surface area contributed by atoms with Gasteiger partial charge in [0, 0.05) is 12.4 Å². The van der Waals surface area contributed by atoms with Gasteiger partial charge in [0.05, 0.1) is 5.56 Å². The van der Waals surface area contributed by atoms with E-state index < -0.39 is 0 Å². The van der Waals surface area contributed by atoms with Crippen molar-refractivity contribution in [3.8, 4) is 29.2 Å². The Kier molecular flexibility index (Phi) is 3.16. The molecule has 0 saturated heterocycles. The van der Waals surface area contributed by atoms with Crippen LogP contribution < -0.4 is 0 Å². The summed E-state index contributed by atoms with van der Waals surface area (Å²) in [6, 6.07) is 7.35. The summed E-state index contributed by atoms with van der Waals surface area (Å²) in [5.41, 5.74) is 3.75. The minimum Gasteiger partial charge on any atom is -0.332 e. The SMILES string of the molecule is Cc1cnc(-c2noc(-c3ccc(C#N)cn3)n2)c(C)c1. The van der Waals surface area contributed by atoms with Gasteiger partial charge in [-0.1, -0.05) is 11.2 Å². The molecule has 0 saturated carbocycles. The molecule has 3 heterocycles. The van der Waals surface area contributed by atoms with Gasteiger partial charge < -0.3 is 4.52 Å². The quantitative estimate of drug-likeness (QED) is 0.715. The molecule has 0 atom stereocenters. The van der Waals surface area contributed by atoms with Crippen molar-refractivity contribution in [1.29, 1.82) is 5.26 Å². The number of aromatic nitrogens is 4. The molecular formula is C15H11N5O. The molecule has 0 aliphatic heterocycles. The van der Waals surface area contributed by atoms with Gasteiger partial charge in [-0.15, -0.1) is 0 Å².